The molecule has 0 radical (unpaired) electrons. The van der Waals surface area contributed by atoms with Gasteiger partial charge in [-0.15, -0.1) is 0 Å². The molecule has 11 N–H and O–H groups in total. The molecule has 10 fully saturated rings. The zero-order chi connectivity index (χ0) is 49.9. The Morgan fingerprint density at radius 2 is 1.20 bits per heavy atom. The van der Waals surface area contributed by atoms with Crippen molar-refractivity contribution >= 4 is 0 Å². The molecule has 0 aromatic heterocycles. The molecule has 70 heavy (non-hydrogen) atoms. The highest BCUT2D eigenvalue weighted by Gasteiger charge is 2.71. The summed E-state index contributed by atoms with van der Waals surface area (Å²) in [6.45, 7) is 10.0. The summed E-state index contributed by atoms with van der Waals surface area (Å²) in [6.07, 6.45) is -18.9. The van der Waals surface area contributed by atoms with Crippen LogP contribution in [0, 0.1) is 52.3 Å². The fourth-order valence-electron chi connectivity index (χ4n) is 15.7. The molecule has 31 atom stereocenters. The molecule has 0 aromatic carbocycles. The van der Waals surface area contributed by atoms with Gasteiger partial charge < -0.3 is 104 Å². The molecule has 31 unspecified atom stereocenters. The van der Waals surface area contributed by atoms with Gasteiger partial charge in [-0.1, -0.05) is 27.7 Å². The number of fused-ring (bicyclic) bond motifs is 7. The van der Waals surface area contributed by atoms with Crippen LogP contribution in [-0.4, -0.2) is 217 Å². The van der Waals surface area contributed by atoms with Gasteiger partial charge in [-0.05, 0) is 111 Å². The number of aliphatic hydroxyl groups excluding tert-OH is 11. The van der Waals surface area contributed by atoms with Gasteiger partial charge in [-0.3, -0.25) is 0 Å². The van der Waals surface area contributed by atoms with Crippen LogP contribution in [0.3, 0.4) is 0 Å². The Bertz CT molecular complexity index is 1800. The van der Waals surface area contributed by atoms with Gasteiger partial charge in [-0.25, -0.2) is 0 Å². The Kier molecular flexibility index (Phi) is 15.0. The van der Waals surface area contributed by atoms with Crippen molar-refractivity contribution in [1.29, 1.82) is 0 Å². The van der Waals surface area contributed by atoms with Crippen molar-refractivity contribution in [1.82, 2.24) is 0 Å². The van der Waals surface area contributed by atoms with Gasteiger partial charge in [0, 0.05) is 5.92 Å². The van der Waals surface area contributed by atoms with Gasteiger partial charge in [0.2, 0.25) is 0 Å². The highest BCUT2D eigenvalue weighted by atomic mass is 16.8. The number of rotatable bonds is 9. The van der Waals surface area contributed by atoms with Crippen molar-refractivity contribution in [2.75, 3.05) is 26.4 Å². The van der Waals surface area contributed by atoms with Crippen LogP contribution in [0.4, 0.5) is 0 Å². The fourth-order valence-corrected chi connectivity index (χ4v) is 15.7. The number of hydrogen-bond acceptors (Lipinski definition) is 21. The van der Waals surface area contributed by atoms with Crippen LogP contribution in [0.25, 0.3) is 0 Å². The summed E-state index contributed by atoms with van der Waals surface area (Å²) in [5, 5.41) is 117. The minimum atomic E-state index is -1.73. The van der Waals surface area contributed by atoms with Crippen LogP contribution in [0.2, 0.25) is 0 Å². The minimum absolute atomic E-state index is 0.0125. The summed E-state index contributed by atoms with van der Waals surface area (Å²) in [5.41, 5.74) is -0.00177. The Morgan fingerprint density at radius 3 is 1.89 bits per heavy atom. The fraction of sp³-hybridized carbons (Fsp3) is 1.00. The number of aliphatic hydroxyl groups is 11. The Balaban J connectivity index is 0.820. The first-order valence-electron chi connectivity index (χ1n) is 26.1. The molecule has 1 spiro atoms. The molecule has 4 saturated carbocycles. The van der Waals surface area contributed by atoms with Gasteiger partial charge in [0.05, 0.1) is 44.7 Å². The Morgan fingerprint density at radius 1 is 0.557 bits per heavy atom. The summed E-state index contributed by atoms with van der Waals surface area (Å²) in [4.78, 5) is 0. The molecule has 6 saturated heterocycles. The van der Waals surface area contributed by atoms with E-state index in [9.17, 15) is 56.2 Å². The van der Waals surface area contributed by atoms with Crippen LogP contribution < -0.4 is 0 Å². The quantitative estimate of drug-likeness (QED) is 0.116. The van der Waals surface area contributed by atoms with Gasteiger partial charge in [-0.2, -0.15) is 0 Å². The molecule has 0 amide bonds. The normalized spacial score (nSPS) is 59.1. The van der Waals surface area contributed by atoms with E-state index in [4.69, 9.17) is 47.4 Å². The smallest absolute Gasteiger partial charge is 0.198 e. The van der Waals surface area contributed by atoms with E-state index in [0.717, 1.165) is 38.5 Å². The third kappa shape index (κ3) is 8.76. The zero-order valence-corrected chi connectivity index (χ0v) is 40.9. The molecule has 0 aromatic rings. The largest absolute Gasteiger partial charge is 0.394 e. The van der Waals surface area contributed by atoms with Crippen molar-refractivity contribution < 1.29 is 104 Å². The molecule has 402 valence electrons. The first-order chi connectivity index (χ1) is 33.2. The monoisotopic (exact) mass is 1000 g/mol. The maximum absolute atomic E-state index is 12.0. The standard InChI is InChI=1S/C49H80O21/c1-19-12-31(67-43-37(57)34(54)27(51)17-61-43)49(63-16-19)20(2)32-29(70-49)14-26-24-7-6-22-13-23(8-10-47(22,4)25(24)9-11-48(26,32)5)65-46-42(69-44-38(58)35(55)28(52)18-62-44)40(60)41(30(15-50)66-46)68-45-39(59)36(56)33(53)21(3)64-45/h19-46,50-60H,6-18H2,1-5H3. The molecule has 21 nitrogen and oxygen atoms in total. The van der Waals surface area contributed by atoms with E-state index in [2.05, 4.69) is 27.7 Å². The maximum Gasteiger partial charge on any atom is 0.198 e. The average Bonchev–Trinajstić information content (AvgIpc) is 3.79. The van der Waals surface area contributed by atoms with Crippen LogP contribution in [0.5, 0.6) is 0 Å². The van der Waals surface area contributed by atoms with Crippen molar-refractivity contribution in [3.05, 3.63) is 0 Å². The van der Waals surface area contributed by atoms with Gasteiger partial charge >= 0.3 is 0 Å². The Labute approximate surface area is 408 Å². The third-order valence-electron chi connectivity index (χ3n) is 19.6. The zero-order valence-electron chi connectivity index (χ0n) is 40.9. The molecule has 10 rings (SSSR count). The van der Waals surface area contributed by atoms with Crippen molar-refractivity contribution in [2.24, 2.45) is 52.3 Å². The van der Waals surface area contributed by atoms with E-state index in [1.165, 1.54) is 6.92 Å². The van der Waals surface area contributed by atoms with Crippen LogP contribution in [0.15, 0.2) is 0 Å². The number of hydrogen-bond donors (Lipinski definition) is 11. The van der Waals surface area contributed by atoms with Crippen molar-refractivity contribution in [3.63, 3.8) is 0 Å². The molecule has 4 aliphatic carbocycles. The van der Waals surface area contributed by atoms with Gasteiger partial charge in [0.1, 0.15) is 85.5 Å². The second kappa shape index (κ2) is 19.9. The molecular weight excluding hydrogens is 925 g/mol. The third-order valence-corrected chi connectivity index (χ3v) is 19.6. The van der Waals surface area contributed by atoms with Gasteiger partial charge in [0.15, 0.2) is 30.9 Å². The second-order valence-electron chi connectivity index (χ2n) is 23.5. The predicted molar refractivity (Wildman–Crippen MR) is 236 cm³/mol. The van der Waals surface area contributed by atoms with Crippen LogP contribution in [0.1, 0.15) is 92.4 Å². The minimum Gasteiger partial charge on any atom is -0.394 e. The molecule has 6 heterocycles. The average molecular weight is 1010 g/mol. The molecule has 0 bridgehead atoms. The van der Waals surface area contributed by atoms with E-state index in [1.54, 1.807) is 0 Å². The van der Waals surface area contributed by atoms with E-state index >= 15 is 0 Å². The SMILES string of the molecule is CC1COC2(OC3CC4C5CCC6CC(OC7OC(CO)C(OC8OC(C)C(O)C(O)C8O)C(O)C7OC7OCC(O)C(O)C7O)CCC6(C)C5CCC4(C)C3C2C)C(OC2OCC(O)C(O)C2O)C1. The highest BCUT2D eigenvalue weighted by Crippen LogP contribution is 2.71. The summed E-state index contributed by atoms with van der Waals surface area (Å²) in [7, 11) is 0. The molecular formula is C49H80O21. The Hall–Kier alpha value is -0.840. The van der Waals surface area contributed by atoms with E-state index in [-0.39, 0.29) is 54.0 Å². The summed E-state index contributed by atoms with van der Waals surface area (Å²) < 4.78 is 62.5. The summed E-state index contributed by atoms with van der Waals surface area (Å²) in [5.74, 6) is 1.00. The molecule has 6 aliphatic heterocycles. The first kappa shape index (κ1) is 52.6. The summed E-state index contributed by atoms with van der Waals surface area (Å²) >= 11 is 0. The van der Waals surface area contributed by atoms with Crippen LogP contribution in [-0.2, 0) is 47.4 Å². The lowest BCUT2D eigenvalue weighted by Crippen LogP contribution is -2.66. The van der Waals surface area contributed by atoms with Crippen molar-refractivity contribution in [3.8, 4) is 0 Å². The second-order valence-corrected chi connectivity index (χ2v) is 23.5. The lowest BCUT2D eigenvalue weighted by atomic mass is 9.44. The lowest BCUT2D eigenvalue weighted by Gasteiger charge is -2.61. The van der Waals surface area contributed by atoms with E-state index in [1.807, 2.05) is 0 Å². The number of ether oxygens (including phenoxy) is 10. The predicted octanol–water partition coefficient (Wildman–Crippen LogP) is -1.63. The van der Waals surface area contributed by atoms with Crippen molar-refractivity contribution in [2.45, 2.75) is 227 Å². The van der Waals surface area contributed by atoms with E-state index in [0.29, 0.717) is 49.5 Å². The maximum atomic E-state index is 12.0. The van der Waals surface area contributed by atoms with Gasteiger partial charge in [0.25, 0.3) is 0 Å². The topological polar surface area (TPSA) is 315 Å². The summed E-state index contributed by atoms with van der Waals surface area (Å²) in [6, 6.07) is 0. The van der Waals surface area contributed by atoms with Crippen LogP contribution >= 0.6 is 0 Å². The first-order valence-corrected chi connectivity index (χ1v) is 26.1. The molecule has 21 heteroatoms. The molecule has 10 aliphatic rings. The highest BCUT2D eigenvalue weighted by molar-refractivity contribution is 5.17. The van der Waals surface area contributed by atoms with E-state index < -0.39 is 129 Å². The lowest BCUT2D eigenvalue weighted by molar-refractivity contribution is -0.385.